The van der Waals surface area contributed by atoms with Crippen molar-refractivity contribution in [2.45, 2.75) is 97.4 Å². The zero-order valence-electron chi connectivity index (χ0n) is 14.4. The Morgan fingerprint density at radius 2 is 1.52 bits per heavy atom. The first kappa shape index (κ1) is 18.3. The molecule has 124 valence electrons. The van der Waals surface area contributed by atoms with Crippen LogP contribution in [0.4, 0.5) is 4.79 Å². The van der Waals surface area contributed by atoms with Crippen molar-refractivity contribution in [3.8, 4) is 0 Å². The highest BCUT2D eigenvalue weighted by molar-refractivity contribution is 5.69. The SMILES string of the molecule is CCCCCCCC(C)(CCCCCC)C1COC(=O)N1. The van der Waals surface area contributed by atoms with E-state index in [1.165, 1.54) is 70.6 Å². The second-order valence-corrected chi connectivity index (χ2v) is 6.92. The number of hydrogen-bond donors (Lipinski definition) is 1. The fourth-order valence-electron chi connectivity index (χ4n) is 3.32. The largest absolute Gasteiger partial charge is 0.447 e. The molecule has 0 aromatic heterocycles. The number of nitrogens with one attached hydrogen (secondary N) is 1. The fourth-order valence-corrected chi connectivity index (χ4v) is 3.32. The van der Waals surface area contributed by atoms with Crippen LogP contribution in [-0.2, 0) is 4.74 Å². The molecular formula is C18H35NO2. The minimum absolute atomic E-state index is 0.201. The first-order valence-electron chi connectivity index (χ1n) is 9.05. The summed E-state index contributed by atoms with van der Waals surface area (Å²) >= 11 is 0. The Bertz CT molecular complexity index is 293. The minimum atomic E-state index is -0.231. The Hall–Kier alpha value is -0.730. The number of amides is 1. The molecular weight excluding hydrogens is 262 g/mol. The Morgan fingerprint density at radius 3 is 2.00 bits per heavy atom. The molecule has 1 heterocycles. The monoisotopic (exact) mass is 297 g/mol. The maximum absolute atomic E-state index is 11.4. The van der Waals surface area contributed by atoms with Crippen molar-refractivity contribution < 1.29 is 9.53 Å². The molecule has 1 amide bonds. The Balaban J connectivity index is 2.42. The lowest BCUT2D eigenvalue weighted by atomic mass is 9.74. The van der Waals surface area contributed by atoms with E-state index in [4.69, 9.17) is 4.74 Å². The average Bonchev–Trinajstić information content (AvgIpc) is 2.91. The zero-order valence-corrected chi connectivity index (χ0v) is 14.4. The number of alkyl carbamates (subject to hydrolysis) is 1. The van der Waals surface area contributed by atoms with Gasteiger partial charge in [0, 0.05) is 0 Å². The molecule has 2 unspecified atom stereocenters. The molecule has 1 aliphatic rings. The molecule has 1 fully saturated rings. The minimum Gasteiger partial charge on any atom is -0.447 e. The van der Waals surface area contributed by atoms with E-state index in [1.807, 2.05) is 0 Å². The highest BCUT2D eigenvalue weighted by Gasteiger charge is 2.38. The molecule has 2 atom stereocenters. The van der Waals surface area contributed by atoms with E-state index in [9.17, 15) is 4.79 Å². The van der Waals surface area contributed by atoms with E-state index in [0.717, 1.165) is 0 Å². The average molecular weight is 297 g/mol. The second kappa shape index (κ2) is 10.1. The van der Waals surface area contributed by atoms with Gasteiger partial charge in [0.05, 0.1) is 6.04 Å². The predicted molar refractivity (Wildman–Crippen MR) is 88.5 cm³/mol. The molecule has 3 heteroatoms. The van der Waals surface area contributed by atoms with Crippen molar-refractivity contribution in [3.05, 3.63) is 0 Å². The number of carbonyl (C=O) groups excluding carboxylic acids is 1. The van der Waals surface area contributed by atoms with E-state index in [-0.39, 0.29) is 17.6 Å². The van der Waals surface area contributed by atoms with Crippen LogP contribution in [0.15, 0.2) is 0 Å². The smallest absolute Gasteiger partial charge is 0.407 e. The normalized spacial score (nSPS) is 20.9. The van der Waals surface area contributed by atoms with Crippen molar-refractivity contribution in [2.24, 2.45) is 5.41 Å². The topological polar surface area (TPSA) is 38.3 Å². The number of unbranched alkanes of at least 4 members (excludes halogenated alkanes) is 7. The summed E-state index contributed by atoms with van der Waals surface area (Å²) in [5, 5.41) is 3.03. The quantitative estimate of drug-likeness (QED) is 0.488. The third kappa shape index (κ3) is 6.71. The summed E-state index contributed by atoms with van der Waals surface area (Å²) < 4.78 is 5.13. The van der Waals surface area contributed by atoms with Crippen molar-refractivity contribution in [1.29, 1.82) is 0 Å². The highest BCUT2D eigenvalue weighted by atomic mass is 16.6. The molecule has 0 aromatic rings. The summed E-state index contributed by atoms with van der Waals surface area (Å²) in [5.41, 5.74) is 0.201. The lowest BCUT2D eigenvalue weighted by Crippen LogP contribution is -2.42. The van der Waals surface area contributed by atoms with Gasteiger partial charge in [-0.15, -0.1) is 0 Å². The zero-order chi connectivity index (χ0) is 15.6. The summed E-state index contributed by atoms with van der Waals surface area (Å²) in [6.45, 7) is 7.40. The molecule has 0 spiro atoms. The van der Waals surface area contributed by atoms with Gasteiger partial charge in [0.15, 0.2) is 0 Å². The summed E-state index contributed by atoms with van der Waals surface area (Å²) in [5.74, 6) is 0. The summed E-state index contributed by atoms with van der Waals surface area (Å²) in [4.78, 5) is 11.4. The number of carbonyl (C=O) groups is 1. The number of hydrogen-bond acceptors (Lipinski definition) is 2. The molecule has 0 bridgehead atoms. The van der Waals surface area contributed by atoms with Crippen LogP contribution in [0.2, 0.25) is 0 Å². The Morgan fingerprint density at radius 1 is 1.00 bits per heavy atom. The van der Waals surface area contributed by atoms with Crippen LogP contribution in [0, 0.1) is 5.41 Å². The first-order valence-corrected chi connectivity index (χ1v) is 9.05. The summed E-state index contributed by atoms with van der Waals surface area (Å²) in [6.07, 6.45) is 13.9. The third-order valence-corrected chi connectivity index (χ3v) is 4.97. The van der Waals surface area contributed by atoms with Crippen molar-refractivity contribution in [1.82, 2.24) is 5.32 Å². The van der Waals surface area contributed by atoms with Crippen LogP contribution in [0.3, 0.4) is 0 Å². The van der Waals surface area contributed by atoms with Crippen molar-refractivity contribution in [3.63, 3.8) is 0 Å². The van der Waals surface area contributed by atoms with E-state index < -0.39 is 0 Å². The molecule has 1 aliphatic heterocycles. The van der Waals surface area contributed by atoms with E-state index in [2.05, 4.69) is 26.1 Å². The summed E-state index contributed by atoms with van der Waals surface area (Å²) in [7, 11) is 0. The molecule has 0 aromatic carbocycles. The van der Waals surface area contributed by atoms with Gasteiger partial charge in [-0.1, -0.05) is 78.6 Å². The van der Waals surface area contributed by atoms with Gasteiger partial charge in [-0.3, -0.25) is 0 Å². The first-order chi connectivity index (χ1) is 10.1. The molecule has 1 N–H and O–H groups in total. The van der Waals surface area contributed by atoms with E-state index in [0.29, 0.717) is 6.61 Å². The van der Waals surface area contributed by atoms with Crippen LogP contribution in [0.25, 0.3) is 0 Å². The lowest BCUT2D eigenvalue weighted by Gasteiger charge is -2.34. The lowest BCUT2D eigenvalue weighted by molar-refractivity contribution is 0.151. The van der Waals surface area contributed by atoms with Gasteiger partial charge in [-0.05, 0) is 18.3 Å². The van der Waals surface area contributed by atoms with Crippen LogP contribution < -0.4 is 5.32 Å². The molecule has 0 radical (unpaired) electrons. The van der Waals surface area contributed by atoms with Crippen molar-refractivity contribution >= 4 is 6.09 Å². The molecule has 3 nitrogen and oxygen atoms in total. The van der Waals surface area contributed by atoms with E-state index >= 15 is 0 Å². The van der Waals surface area contributed by atoms with Gasteiger partial charge < -0.3 is 10.1 Å². The number of cyclic esters (lactones) is 1. The van der Waals surface area contributed by atoms with Gasteiger partial charge in [-0.2, -0.15) is 0 Å². The summed E-state index contributed by atoms with van der Waals surface area (Å²) in [6, 6.07) is 0.206. The second-order valence-electron chi connectivity index (χ2n) is 6.92. The van der Waals surface area contributed by atoms with Crippen LogP contribution in [0.5, 0.6) is 0 Å². The Kier molecular flexibility index (Phi) is 8.79. The fraction of sp³-hybridized carbons (Fsp3) is 0.944. The van der Waals surface area contributed by atoms with E-state index in [1.54, 1.807) is 0 Å². The maximum atomic E-state index is 11.4. The highest BCUT2D eigenvalue weighted by Crippen LogP contribution is 2.36. The van der Waals surface area contributed by atoms with Gasteiger partial charge in [-0.25, -0.2) is 4.79 Å². The molecule has 1 saturated heterocycles. The molecule has 0 saturated carbocycles. The standard InChI is InChI=1S/C18H35NO2/c1-4-6-8-10-12-14-18(3,13-11-9-7-5-2)16-15-21-17(20)19-16/h16H,4-15H2,1-3H3,(H,19,20). The number of ether oxygens (including phenoxy) is 1. The molecule has 1 rings (SSSR count). The Labute approximate surface area is 131 Å². The maximum Gasteiger partial charge on any atom is 0.407 e. The van der Waals surface area contributed by atoms with Gasteiger partial charge >= 0.3 is 6.09 Å². The van der Waals surface area contributed by atoms with Gasteiger partial charge in [0.1, 0.15) is 6.61 Å². The molecule has 0 aliphatic carbocycles. The van der Waals surface area contributed by atoms with Gasteiger partial charge in [0.25, 0.3) is 0 Å². The van der Waals surface area contributed by atoms with Crippen molar-refractivity contribution in [2.75, 3.05) is 6.61 Å². The van der Waals surface area contributed by atoms with Gasteiger partial charge in [0.2, 0.25) is 0 Å². The number of rotatable bonds is 12. The predicted octanol–water partition coefficient (Wildman–Crippen LogP) is 5.43. The molecule has 21 heavy (non-hydrogen) atoms. The third-order valence-electron chi connectivity index (χ3n) is 4.97. The van der Waals surface area contributed by atoms with Crippen LogP contribution in [-0.4, -0.2) is 18.7 Å². The van der Waals surface area contributed by atoms with Crippen LogP contribution in [0.1, 0.15) is 91.4 Å². The van der Waals surface area contributed by atoms with Crippen LogP contribution >= 0.6 is 0 Å².